The molecule has 0 bridgehead atoms. The highest BCUT2D eigenvalue weighted by Gasteiger charge is 2.27. The van der Waals surface area contributed by atoms with Crippen LogP contribution in [0.2, 0.25) is 0 Å². The van der Waals surface area contributed by atoms with E-state index in [-0.39, 0.29) is 16.7 Å². The summed E-state index contributed by atoms with van der Waals surface area (Å²) in [6, 6.07) is 10.7. The Morgan fingerprint density at radius 1 is 1.25 bits per heavy atom. The molecule has 0 spiro atoms. The molecule has 170 valence electrons. The number of amides is 1. The number of aryl methyl sites for hydroxylation is 2. The fraction of sp³-hybridized carbons (Fsp3) is 0.391. The lowest BCUT2D eigenvalue weighted by Gasteiger charge is -2.31. The molecule has 0 aliphatic carbocycles. The first-order valence-electron chi connectivity index (χ1n) is 10.7. The second kappa shape index (κ2) is 9.17. The maximum atomic E-state index is 12.8. The fourth-order valence-corrected chi connectivity index (χ4v) is 5.75. The summed E-state index contributed by atoms with van der Waals surface area (Å²) in [6.07, 6.45) is 2.46. The summed E-state index contributed by atoms with van der Waals surface area (Å²) in [7, 11) is -3.69. The maximum Gasteiger partial charge on any atom is 0.238 e. The highest BCUT2D eigenvalue weighted by Crippen LogP contribution is 2.34. The average molecular weight is 473 g/mol. The van der Waals surface area contributed by atoms with Crippen LogP contribution in [0.3, 0.4) is 0 Å². The third-order valence-corrected chi connectivity index (χ3v) is 8.03. The molecule has 0 saturated carbocycles. The SMILES string of the molecule is Cc1cc(C)c2sc(N3CCCC(C(=O)NCCc4ccc(S(N)(=O)=O)cc4)C3)nc2c1. The topological polar surface area (TPSA) is 105 Å². The summed E-state index contributed by atoms with van der Waals surface area (Å²) in [5, 5.41) is 9.15. The van der Waals surface area contributed by atoms with Gasteiger partial charge >= 0.3 is 0 Å². The standard InChI is InChI=1S/C23H28N4O3S2/c1-15-12-16(2)21-20(13-15)26-23(31-21)27-11-3-4-18(14-27)22(28)25-10-9-17-5-7-19(8-6-17)32(24,29)30/h5-8,12-13,18H,3-4,9-11,14H2,1-2H3,(H,25,28)(H2,24,29,30). The number of hydrogen-bond acceptors (Lipinski definition) is 6. The molecule has 1 aliphatic rings. The number of fused-ring (bicyclic) bond motifs is 1. The number of nitrogens with two attached hydrogens (primary N) is 1. The largest absolute Gasteiger partial charge is 0.355 e. The highest BCUT2D eigenvalue weighted by atomic mass is 32.2. The normalized spacial score (nSPS) is 17.0. The average Bonchev–Trinajstić information content (AvgIpc) is 3.18. The molecule has 2 heterocycles. The number of thiazole rings is 1. The van der Waals surface area contributed by atoms with Gasteiger partial charge in [0.05, 0.1) is 21.0 Å². The van der Waals surface area contributed by atoms with E-state index in [9.17, 15) is 13.2 Å². The number of rotatable bonds is 6. The van der Waals surface area contributed by atoms with Crippen LogP contribution < -0.4 is 15.4 Å². The monoisotopic (exact) mass is 472 g/mol. The van der Waals surface area contributed by atoms with Crippen LogP contribution in [0.5, 0.6) is 0 Å². The van der Waals surface area contributed by atoms with Crippen molar-refractivity contribution >= 4 is 42.6 Å². The minimum atomic E-state index is -3.69. The van der Waals surface area contributed by atoms with Gasteiger partial charge in [0.15, 0.2) is 5.13 Å². The van der Waals surface area contributed by atoms with E-state index in [1.165, 1.54) is 28.0 Å². The van der Waals surface area contributed by atoms with E-state index in [1.807, 2.05) is 0 Å². The number of piperidine rings is 1. The van der Waals surface area contributed by atoms with Crippen molar-refractivity contribution in [1.29, 1.82) is 0 Å². The van der Waals surface area contributed by atoms with Gasteiger partial charge in [-0.15, -0.1) is 0 Å². The molecule has 1 fully saturated rings. The lowest BCUT2D eigenvalue weighted by molar-refractivity contribution is -0.125. The van der Waals surface area contributed by atoms with Crippen LogP contribution in [0.15, 0.2) is 41.3 Å². The number of carbonyl (C=O) groups is 1. The molecule has 0 radical (unpaired) electrons. The second-order valence-electron chi connectivity index (χ2n) is 8.44. The minimum absolute atomic E-state index is 0.0593. The van der Waals surface area contributed by atoms with E-state index in [0.717, 1.165) is 35.6 Å². The zero-order valence-electron chi connectivity index (χ0n) is 18.3. The van der Waals surface area contributed by atoms with Crippen LogP contribution in [0, 0.1) is 19.8 Å². The van der Waals surface area contributed by atoms with Gasteiger partial charge in [-0.3, -0.25) is 4.79 Å². The molecule has 9 heteroatoms. The third-order valence-electron chi connectivity index (χ3n) is 5.84. The number of aromatic nitrogens is 1. The Morgan fingerprint density at radius 2 is 2.00 bits per heavy atom. The van der Waals surface area contributed by atoms with Crippen molar-refractivity contribution < 1.29 is 13.2 Å². The van der Waals surface area contributed by atoms with Crippen molar-refractivity contribution in [2.45, 2.75) is 38.0 Å². The van der Waals surface area contributed by atoms with E-state index < -0.39 is 10.0 Å². The molecule has 2 aromatic carbocycles. The molecule has 4 rings (SSSR count). The number of hydrogen-bond donors (Lipinski definition) is 2. The van der Waals surface area contributed by atoms with Gasteiger partial charge in [-0.25, -0.2) is 18.5 Å². The van der Waals surface area contributed by atoms with Crippen molar-refractivity contribution in [2.24, 2.45) is 11.1 Å². The Morgan fingerprint density at radius 3 is 2.72 bits per heavy atom. The van der Waals surface area contributed by atoms with Gasteiger partial charge in [0.2, 0.25) is 15.9 Å². The van der Waals surface area contributed by atoms with E-state index in [2.05, 4.69) is 36.2 Å². The van der Waals surface area contributed by atoms with Crippen molar-refractivity contribution in [3.63, 3.8) is 0 Å². The van der Waals surface area contributed by atoms with Crippen LogP contribution >= 0.6 is 11.3 Å². The van der Waals surface area contributed by atoms with Crippen molar-refractivity contribution in [1.82, 2.24) is 10.3 Å². The zero-order valence-corrected chi connectivity index (χ0v) is 19.9. The first-order chi connectivity index (χ1) is 15.2. The molecule has 1 unspecified atom stereocenters. The number of anilines is 1. The molecule has 3 aromatic rings. The number of nitrogens with zero attached hydrogens (tertiary/aromatic N) is 2. The Bertz CT molecular complexity index is 1240. The number of sulfonamides is 1. The number of benzene rings is 2. The number of primary sulfonamides is 1. The van der Waals surface area contributed by atoms with Gasteiger partial charge in [0.25, 0.3) is 0 Å². The molecule has 3 N–H and O–H groups in total. The summed E-state index contributed by atoms with van der Waals surface area (Å²) in [5.74, 6) is -0.00709. The molecular weight excluding hydrogens is 444 g/mol. The molecule has 1 atom stereocenters. The van der Waals surface area contributed by atoms with Gasteiger partial charge in [-0.05, 0) is 68.0 Å². The highest BCUT2D eigenvalue weighted by molar-refractivity contribution is 7.89. The molecule has 1 saturated heterocycles. The Hall–Kier alpha value is -2.49. The predicted molar refractivity (Wildman–Crippen MR) is 129 cm³/mol. The molecular formula is C23H28N4O3S2. The molecule has 1 aliphatic heterocycles. The van der Waals surface area contributed by atoms with E-state index in [1.54, 1.807) is 23.5 Å². The predicted octanol–water partition coefficient (Wildman–Crippen LogP) is 3.14. The summed E-state index contributed by atoms with van der Waals surface area (Å²) in [6.45, 7) is 6.29. The Kier molecular flexibility index (Phi) is 6.50. The summed E-state index contributed by atoms with van der Waals surface area (Å²) >= 11 is 1.70. The summed E-state index contributed by atoms with van der Waals surface area (Å²) in [4.78, 5) is 19.9. The second-order valence-corrected chi connectivity index (χ2v) is 11.0. The van der Waals surface area contributed by atoms with E-state index in [0.29, 0.717) is 19.5 Å². The number of nitrogens with one attached hydrogen (secondary N) is 1. The lowest BCUT2D eigenvalue weighted by atomic mass is 9.97. The van der Waals surface area contributed by atoms with Gasteiger partial charge in [0.1, 0.15) is 0 Å². The molecule has 32 heavy (non-hydrogen) atoms. The van der Waals surface area contributed by atoms with Gasteiger partial charge in [-0.1, -0.05) is 29.5 Å². The third kappa shape index (κ3) is 5.11. The summed E-state index contributed by atoms with van der Waals surface area (Å²) in [5.41, 5.74) is 4.43. The smallest absolute Gasteiger partial charge is 0.238 e. The lowest BCUT2D eigenvalue weighted by Crippen LogP contribution is -2.43. The fourth-order valence-electron chi connectivity index (χ4n) is 4.19. The van der Waals surface area contributed by atoms with Crippen LogP contribution in [0.1, 0.15) is 29.5 Å². The maximum absolute atomic E-state index is 12.8. The van der Waals surface area contributed by atoms with Gasteiger partial charge in [0, 0.05) is 19.6 Å². The van der Waals surface area contributed by atoms with Crippen LogP contribution in [0.4, 0.5) is 5.13 Å². The first-order valence-corrected chi connectivity index (χ1v) is 13.1. The van der Waals surface area contributed by atoms with E-state index in [4.69, 9.17) is 10.1 Å². The van der Waals surface area contributed by atoms with Crippen molar-refractivity contribution in [2.75, 3.05) is 24.5 Å². The zero-order chi connectivity index (χ0) is 22.9. The molecule has 7 nitrogen and oxygen atoms in total. The number of carbonyl (C=O) groups excluding carboxylic acids is 1. The van der Waals surface area contributed by atoms with Crippen molar-refractivity contribution in [3.8, 4) is 0 Å². The van der Waals surface area contributed by atoms with E-state index >= 15 is 0 Å². The Labute approximate surface area is 192 Å². The van der Waals surface area contributed by atoms with Crippen molar-refractivity contribution in [3.05, 3.63) is 53.1 Å². The van der Waals surface area contributed by atoms with Gasteiger partial charge in [-0.2, -0.15) is 0 Å². The molecule has 1 amide bonds. The minimum Gasteiger partial charge on any atom is -0.355 e. The van der Waals surface area contributed by atoms with Gasteiger partial charge < -0.3 is 10.2 Å². The van der Waals surface area contributed by atoms with Crippen LogP contribution in [-0.4, -0.2) is 38.9 Å². The quantitative estimate of drug-likeness (QED) is 0.573. The first kappa shape index (κ1) is 22.7. The Balaban J connectivity index is 1.34. The van der Waals surface area contributed by atoms with Crippen LogP contribution in [-0.2, 0) is 21.2 Å². The van der Waals surface area contributed by atoms with Crippen LogP contribution in [0.25, 0.3) is 10.2 Å². The summed E-state index contributed by atoms with van der Waals surface area (Å²) < 4.78 is 23.9. The molecule has 1 aromatic heterocycles.